The van der Waals surface area contributed by atoms with Crippen molar-refractivity contribution in [3.8, 4) is 5.75 Å². The van der Waals surface area contributed by atoms with E-state index in [2.05, 4.69) is 41.1 Å². The molecule has 1 atom stereocenters. The fraction of sp³-hybridized carbons (Fsp3) is 0.286. The maximum Gasteiger partial charge on any atom is 0.134 e. The molecule has 0 spiro atoms. The minimum absolute atomic E-state index is 0.357. The van der Waals surface area contributed by atoms with Crippen molar-refractivity contribution < 1.29 is 4.74 Å². The van der Waals surface area contributed by atoms with Gasteiger partial charge in [0.05, 0.1) is 11.1 Å². The molecule has 0 saturated carbocycles. The van der Waals surface area contributed by atoms with Crippen molar-refractivity contribution in [2.75, 3.05) is 12.5 Å². The monoisotopic (exact) mass is 312 g/mol. The average molecular weight is 314 g/mol. The van der Waals surface area contributed by atoms with Gasteiger partial charge in [-0.3, -0.25) is 0 Å². The summed E-state index contributed by atoms with van der Waals surface area (Å²) in [6.07, 6.45) is 0. The second-order valence-corrected chi connectivity index (χ2v) is 5.27. The molecule has 2 aromatic carbocycles. The molecule has 0 saturated heterocycles. The molecular formula is C14H14BrClO. The largest absolute Gasteiger partial charge is 0.492 e. The van der Waals surface area contributed by atoms with Crippen molar-refractivity contribution in [1.29, 1.82) is 0 Å². The van der Waals surface area contributed by atoms with Gasteiger partial charge < -0.3 is 4.74 Å². The zero-order valence-electron chi connectivity index (χ0n) is 9.62. The van der Waals surface area contributed by atoms with Crippen LogP contribution in [-0.2, 0) is 0 Å². The quantitative estimate of drug-likeness (QED) is 0.733. The average Bonchev–Trinajstić information content (AvgIpc) is 2.38. The molecule has 0 bridgehead atoms. The van der Waals surface area contributed by atoms with E-state index in [-0.39, 0.29) is 0 Å². The first-order chi connectivity index (χ1) is 8.22. The van der Waals surface area contributed by atoms with Gasteiger partial charge in [0.25, 0.3) is 0 Å². The topological polar surface area (TPSA) is 9.23 Å². The van der Waals surface area contributed by atoms with Crippen molar-refractivity contribution >= 4 is 38.3 Å². The molecule has 1 unspecified atom stereocenters. The summed E-state index contributed by atoms with van der Waals surface area (Å²) in [5.41, 5.74) is 0. The Morgan fingerprint density at radius 3 is 2.76 bits per heavy atom. The number of alkyl halides is 1. The zero-order chi connectivity index (χ0) is 12.3. The highest BCUT2D eigenvalue weighted by Crippen LogP contribution is 2.33. The summed E-state index contributed by atoms with van der Waals surface area (Å²) in [5.74, 6) is 1.85. The maximum atomic E-state index is 5.77. The number of fused-ring (bicyclic) bond motifs is 1. The Labute approximate surface area is 115 Å². The van der Waals surface area contributed by atoms with E-state index in [0.717, 1.165) is 10.2 Å². The smallest absolute Gasteiger partial charge is 0.134 e. The van der Waals surface area contributed by atoms with Crippen LogP contribution in [0.4, 0.5) is 0 Å². The third kappa shape index (κ3) is 2.93. The van der Waals surface area contributed by atoms with Crippen LogP contribution in [0.1, 0.15) is 6.92 Å². The molecule has 90 valence electrons. The number of ether oxygens (including phenoxy) is 1. The minimum atomic E-state index is 0.357. The van der Waals surface area contributed by atoms with Crippen molar-refractivity contribution in [2.45, 2.75) is 6.92 Å². The highest BCUT2D eigenvalue weighted by Gasteiger charge is 2.07. The molecular weight excluding hydrogens is 300 g/mol. The number of hydrogen-bond acceptors (Lipinski definition) is 1. The molecule has 2 aromatic rings. The van der Waals surface area contributed by atoms with E-state index in [1.807, 2.05) is 18.2 Å². The molecule has 0 fully saturated rings. The number of benzene rings is 2. The zero-order valence-corrected chi connectivity index (χ0v) is 12.0. The Morgan fingerprint density at radius 1 is 1.24 bits per heavy atom. The molecule has 0 radical (unpaired) electrons. The van der Waals surface area contributed by atoms with E-state index in [1.54, 1.807) is 0 Å². The van der Waals surface area contributed by atoms with Crippen molar-refractivity contribution in [2.24, 2.45) is 5.92 Å². The summed E-state index contributed by atoms with van der Waals surface area (Å²) in [6.45, 7) is 2.71. The van der Waals surface area contributed by atoms with Gasteiger partial charge in [0, 0.05) is 11.8 Å². The molecule has 0 aromatic heterocycles. The van der Waals surface area contributed by atoms with E-state index >= 15 is 0 Å². The fourth-order valence-electron chi connectivity index (χ4n) is 1.60. The molecule has 0 amide bonds. The van der Waals surface area contributed by atoms with Gasteiger partial charge in [-0.05, 0) is 32.8 Å². The van der Waals surface area contributed by atoms with Crippen LogP contribution >= 0.6 is 27.5 Å². The maximum absolute atomic E-state index is 5.77. The fourth-order valence-corrected chi connectivity index (χ4v) is 2.30. The lowest BCUT2D eigenvalue weighted by atomic mass is 10.1. The number of rotatable bonds is 4. The molecule has 0 heterocycles. The molecule has 2 rings (SSSR count). The lowest BCUT2D eigenvalue weighted by Gasteiger charge is -2.13. The molecule has 0 aliphatic carbocycles. The van der Waals surface area contributed by atoms with Crippen LogP contribution in [0.2, 0.25) is 0 Å². The second-order valence-electron chi connectivity index (χ2n) is 4.17. The third-order valence-electron chi connectivity index (χ3n) is 2.61. The van der Waals surface area contributed by atoms with Crippen LogP contribution in [0.3, 0.4) is 0 Å². The van der Waals surface area contributed by atoms with Crippen LogP contribution in [0.15, 0.2) is 40.9 Å². The van der Waals surface area contributed by atoms with E-state index in [0.29, 0.717) is 18.4 Å². The summed E-state index contributed by atoms with van der Waals surface area (Å²) >= 11 is 9.36. The lowest BCUT2D eigenvalue weighted by Crippen LogP contribution is -2.09. The molecule has 0 aliphatic rings. The summed E-state index contributed by atoms with van der Waals surface area (Å²) in [6, 6.07) is 12.3. The van der Waals surface area contributed by atoms with Crippen LogP contribution in [-0.4, -0.2) is 12.5 Å². The Hall–Kier alpha value is -0.730. The SMILES string of the molecule is CC(CCl)COc1ccc2ccccc2c1Br. The van der Waals surface area contributed by atoms with Gasteiger partial charge >= 0.3 is 0 Å². The van der Waals surface area contributed by atoms with Gasteiger partial charge in [-0.25, -0.2) is 0 Å². The van der Waals surface area contributed by atoms with E-state index < -0.39 is 0 Å². The minimum Gasteiger partial charge on any atom is -0.492 e. The third-order valence-corrected chi connectivity index (χ3v) is 3.96. The normalized spacial score (nSPS) is 12.6. The number of halogens is 2. The lowest BCUT2D eigenvalue weighted by molar-refractivity contribution is 0.271. The van der Waals surface area contributed by atoms with Gasteiger partial charge in [-0.15, -0.1) is 11.6 Å². The summed E-state index contributed by atoms with van der Waals surface area (Å²) in [4.78, 5) is 0. The molecule has 1 nitrogen and oxygen atoms in total. The highest BCUT2D eigenvalue weighted by atomic mass is 79.9. The van der Waals surface area contributed by atoms with E-state index in [9.17, 15) is 0 Å². The molecule has 0 N–H and O–H groups in total. The van der Waals surface area contributed by atoms with Crippen molar-refractivity contribution in [1.82, 2.24) is 0 Å². The first-order valence-electron chi connectivity index (χ1n) is 5.58. The predicted molar refractivity (Wildman–Crippen MR) is 77.0 cm³/mol. The van der Waals surface area contributed by atoms with Crippen LogP contribution in [0, 0.1) is 5.92 Å². The molecule has 3 heteroatoms. The van der Waals surface area contributed by atoms with Gasteiger partial charge in [-0.2, -0.15) is 0 Å². The number of hydrogen-bond donors (Lipinski definition) is 0. The highest BCUT2D eigenvalue weighted by molar-refractivity contribution is 9.10. The first-order valence-corrected chi connectivity index (χ1v) is 6.91. The van der Waals surface area contributed by atoms with Crippen molar-refractivity contribution in [3.05, 3.63) is 40.9 Å². The van der Waals surface area contributed by atoms with Gasteiger partial charge in [0.2, 0.25) is 0 Å². The summed E-state index contributed by atoms with van der Waals surface area (Å²) in [7, 11) is 0. The Kier molecular flexibility index (Phi) is 4.30. The molecule has 17 heavy (non-hydrogen) atoms. The second kappa shape index (κ2) is 5.74. The first kappa shape index (κ1) is 12.7. The Morgan fingerprint density at radius 2 is 2.00 bits per heavy atom. The van der Waals surface area contributed by atoms with Gasteiger partial charge in [-0.1, -0.05) is 37.3 Å². The van der Waals surface area contributed by atoms with E-state index in [4.69, 9.17) is 16.3 Å². The summed E-state index contributed by atoms with van der Waals surface area (Å²) in [5, 5.41) is 2.38. The summed E-state index contributed by atoms with van der Waals surface area (Å²) < 4.78 is 6.78. The van der Waals surface area contributed by atoms with Gasteiger partial charge in [0.15, 0.2) is 0 Å². The Bertz CT molecular complexity index is 513. The van der Waals surface area contributed by atoms with Gasteiger partial charge in [0.1, 0.15) is 5.75 Å². The standard InChI is InChI=1S/C14H14BrClO/c1-10(8-16)9-17-13-7-6-11-4-2-3-5-12(11)14(13)15/h2-7,10H,8-9H2,1H3. The molecule has 0 aliphatic heterocycles. The van der Waals surface area contributed by atoms with Crippen molar-refractivity contribution in [3.63, 3.8) is 0 Å². The van der Waals surface area contributed by atoms with Crippen LogP contribution in [0.5, 0.6) is 5.75 Å². The van der Waals surface area contributed by atoms with E-state index in [1.165, 1.54) is 10.8 Å². The Balaban J connectivity index is 2.26. The van der Waals surface area contributed by atoms with Crippen LogP contribution in [0.25, 0.3) is 10.8 Å². The predicted octanol–water partition coefficient (Wildman–Crippen LogP) is 4.86. The van der Waals surface area contributed by atoms with Crippen LogP contribution < -0.4 is 4.74 Å².